The van der Waals surface area contributed by atoms with E-state index in [4.69, 9.17) is 4.74 Å². The highest BCUT2D eigenvalue weighted by atomic mass is 32.2. The lowest BCUT2D eigenvalue weighted by atomic mass is 9.99. The zero-order valence-electron chi connectivity index (χ0n) is 17.9. The van der Waals surface area contributed by atoms with Crippen molar-refractivity contribution in [1.82, 2.24) is 0 Å². The Morgan fingerprint density at radius 3 is 2.10 bits per heavy atom. The van der Waals surface area contributed by atoms with Gasteiger partial charge in [0.2, 0.25) is 10.0 Å². The van der Waals surface area contributed by atoms with Crippen molar-refractivity contribution in [3.63, 3.8) is 0 Å². The van der Waals surface area contributed by atoms with E-state index < -0.39 is 15.3 Å². The fourth-order valence-electron chi connectivity index (χ4n) is 3.45. The van der Waals surface area contributed by atoms with E-state index in [1.165, 1.54) is 6.42 Å². The summed E-state index contributed by atoms with van der Waals surface area (Å²) in [7, 11) is -3.41. The fourth-order valence-corrected chi connectivity index (χ4v) is 4.15. The van der Waals surface area contributed by atoms with Crippen LogP contribution >= 0.6 is 0 Å². The standard InChI is InChI=1S/C23H30N2O4S/c1-15(2)30(27,28)25-20-8-6-18(7-9-20)23(26)24-19-10-12-21(13-11-19)29-22-14-5-16(3)17(22)4/h6-13,15-17,22,25H,5,14H2,1-4H3,(H,24,26). The normalized spacial score (nSPS) is 21.4. The molecule has 1 fully saturated rings. The minimum atomic E-state index is -3.41. The number of ether oxygens (including phenoxy) is 1. The second-order valence-corrected chi connectivity index (χ2v) is 10.6. The molecule has 3 rings (SSSR count). The molecule has 162 valence electrons. The van der Waals surface area contributed by atoms with Gasteiger partial charge in [0.15, 0.2) is 0 Å². The quantitative estimate of drug-likeness (QED) is 0.654. The molecule has 30 heavy (non-hydrogen) atoms. The molecule has 2 aromatic carbocycles. The SMILES string of the molecule is CC1CCC(Oc2ccc(NC(=O)c3ccc(NS(=O)(=O)C(C)C)cc3)cc2)C1C. The highest BCUT2D eigenvalue weighted by Crippen LogP contribution is 2.34. The van der Waals surface area contributed by atoms with Gasteiger partial charge in [0.05, 0.1) is 5.25 Å². The predicted octanol–water partition coefficient (Wildman–Crippen LogP) is 4.90. The minimum Gasteiger partial charge on any atom is -0.490 e. The van der Waals surface area contributed by atoms with Gasteiger partial charge < -0.3 is 10.1 Å². The molecule has 0 aromatic heterocycles. The largest absolute Gasteiger partial charge is 0.490 e. The number of sulfonamides is 1. The van der Waals surface area contributed by atoms with Gasteiger partial charge in [-0.3, -0.25) is 9.52 Å². The van der Waals surface area contributed by atoms with Crippen molar-refractivity contribution in [2.45, 2.75) is 51.9 Å². The minimum absolute atomic E-state index is 0.243. The molecule has 0 aliphatic heterocycles. The molecule has 0 bridgehead atoms. The molecule has 1 saturated carbocycles. The average molecular weight is 431 g/mol. The summed E-state index contributed by atoms with van der Waals surface area (Å²) >= 11 is 0. The molecule has 1 aliphatic rings. The molecule has 0 radical (unpaired) electrons. The van der Waals surface area contributed by atoms with Gasteiger partial charge in [0, 0.05) is 16.9 Å². The van der Waals surface area contributed by atoms with Gasteiger partial charge in [-0.2, -0.15) is 0 Å². The second kappa shape index (κ2) is 9.08. The smallest absolute Gasteiger partial charge is 0.255 e. The van der Waals surface area contributed by atoms with Crippen molar-refractivity contribution in [2.24, 2.45) is 11.8 Å². The third-order valence-corrected chi connectivity index (χ3v) is 7.58. The topological polar surface area (TPSA) is 84.5 Å². The first kappa shape index (κ1) is 22.2. The summed E-state index contributed by atoms with van der Waals surface area (Å²) in [5.74, 6) is 1.76. The third-order valence-electron chi connectivity index (χ3n) is 5.82. The number of carbonyl (C=O) groups is 1. The molecule has 3 atom stereocenters. The third kappa shape index (κ3) is 5.33. The Bertz CT molecular complexity index is 969. The summed E-state index contributed by atoms with van der Waals surface area (Å²) in [5, 5.41) is 2.31. The monoisotopic (exact) mass is 430 g/mol. The maximum Gasteiger partial charge on any atom is 0.255 e. The first-order valence-electron chi connectivity index (χ1n) is 10.4. The van der Waals surface area contributed by atoms with E-state index in [1.807, 2.05) is 24.3 Å². The maximum atomic E-state index is 12.5. The molecule has 7 heteroatoms. The van der Waals surface area contributed by atoms with Crippen molar-refractivity contribution >= 4 is 27.3 Å². The van der Waals surface area contributed by atoms with Gasteiger partial charge >= 0.3 is 0 Å². The van der Waals surface area contributed by atoms with Crippen LogP contribution in [0.25, 0.3) is 0 Å². The Labute approximate surface area is 179 Å². The molecule has 2 aromatic rings. The van der Waals surface area contributed by atoms with E-state index in [0.29, 0.717) is 28.8 Å². The zero-order chi connectivity index (χ0) is 21.9. The van der Waals surface area contributed by atoms with Gasteiger partial charge in [-0.25, -0.2) is 8.42 Å². The van der Waals surface area contributed by atoms with Crippen LogP contribution in [-0.2, 0) is 10.0 Å². The van der Waals surface area contributed by atoms with Crippen LogP contribution in [0.2, 0.25) is 0 Å². The van der Waals surface area contributed by atoms with Crippen molar-refractivity contribution in [3.8, 4) is 5.75 Å². The Morgan fingerprint density at radius 1 is 0.967 bits per heavy atom. The lowest BCUT2D eigenvalue weighted by molar-refractivity contribution is 0.102. The maximum absolute atomic E-state index is 12.5. The molecule has 3 unspecified atom stereocenters. The molecular weight excluding hydrogens is 400 g/mol. The van der Waals surface area contributed by atoms with E-state index in [2.05, 4.69) is 23.9 Å². The molecule has 2 N–H and O–H groups in total. The highest BCUT2D eigenvalue weighted by molar-refractivity contribution is 7.93. The molecule has 1 aliphatic carbocycles. The van der Waals surface area contributed by atoms with Crippen LogP contribution in [0.4, 0.5) is 11.4 Å². The van der Waals surface area contributed by atoms with Crippen LogP contribution in [-0.4, -0.2) is 25.7 Å². The Morgan fingerprint density at radius 2 is 1.57 bits per heavy atom. The number of benzene rings is 2. The van der Waals surface area contributed by atoms with Crippen LogP contribution in [0.3, 0.4) is 0 Å². The second-order valence-electron chi connectivity index (χ2n) is 8.32. The lowest BCUT2D eigenvalue weighted by Gasteiger charge is -2.20. The summed E-state index contributed by atoms with van der Waals surface area (Å²) in [6, 6.07) is 13.7. The number of amides is 1. The van der Waals surface area contributed by atoms with Gasteiger partial charge in [0.25, 0.3) is 5.91 Å². The molecule has 1 amide bonds. The first-order chi connectivity index (χ1) is 14.2. The molecule has 0 saturated heterocycles. The van der Waals surface area contributed by atoms with Crippen LogP contribution in [0.1, 0.15) is 50.9 Å². The molecule has 0 spiro atoms. The van der Waals surface area contributed by atoms with Gasteiger partial charge in [-0.1, -0.05) is 13.8 Å². The number of carbonyl (C=O) groups excluding carboxylic acids is 1. The van der Waals surface area contributed by atoms with Crippen LogP contribution < -0.4 is 14.8 Å². The van der Waals surface area contributed by atoms with Gasteiger partial charge in [0.1, 0.15) is 11.9 Å². The fraction of sp³-hybridized carbons (Fsp3) is 0.435. The Balaban J connectivity index is 1.58. The Kier molecular flexibility index (Phi) is 6.71. The summed E-state index contributed by atoms with van der Waals surface area (Å²) in [6.45, 7) is 7.71. The number of hydrogen-bond acceptors (Lipinski definition) is 4. The highest BCUT2D eigenvalue weighted by Gasteiger charge is 2.31. The number of anilines is 2. The molecule has 6 nitrogen and oxygen atoms in total. The van der Waals surface area contributed by atoms with E-state index in [9.17, 15) is 13.2 Å². The zero-order valence-corrected chi connectivity index (χ0v) is 18.7. The number of hydrogen-bond donors (Lipinski definition) is 2. The van der Waals surface area contributed by atoms with E-state index in [-0.39, 0.29) is 12.0 Å². The summed E-state index contributed by atoms with van der Waals surface area (Å²) in [6.07, 6.45) is 2.51. The van der Waals surface area contributed by atoms with E-state index in [1.54, 1.807) is 38.1 Å². The van der Waals surface area contributed by atoms with Crippen LogP contribution in [0.15, 0.2) is 48.5 Å². The van der Waals surface area contributed by atoms with Crippen molar-refractivity contribution in [2.75, 3.05) is 10.0 Å². The first-order valence-corrected chi connectivity index (χ1v) is 11.9. The predicted molar refractivity (Wildman–Crippen MR) is 120 cm³/mol. The summed E-state index contributed by atoms with van der Waals surface area (Å²) in [4.78, 5) is 12.5. The van der Waals surface area contributed by atoms with Crippen LogP contribution in [0, 0.1) is 11.8 Å². The Hall–Kier alpha value is -2.54. The summed E-state index contributed by atoms with van der Waals surface area (Å²) < 4.78 is 32.5. The molecular formula is C23H30N2O4S. The average Bonchev–Trinajstić information content (AvgIpc) is 3.01. The molecule has 0 heterocycles. The van der Waals surface area contributed by atoms with Crippen molar-refractivity contribution < 1.29 is 17.9 Å². The van der Waals surface area contributed by atoms with Gasteiger partial charge in [-0.05, 0) is 87.1 Å². The van der Waals surface area contributed by atoms with Crippen molar-refractivity contribution in [3.05, 3.63) is 54.1 Å². The van der Waals surface area contributed by atoms with Crippen molar-refractivity contribution in [1.29, 1.82) is 0 Å². The van der Waals surface area contributed by atoms with E-state index >= 15 is 0 Å². The van der Waals surface area contributed by atoms with Gasteiger partial charge in [-0.15, -0.1) is 0 Å². The van der Waals surface area contributed by atoms with E-state index in [0.717, 1.165) is 12.2 Å². The number of rotatable bonds is 7. The number of nitrogens with one attached hydrogen (secondary N) is 2. The lowest BCUT2D eigenvalue weighted by Crippen LogP contribution is -2.22. The van der Waals surface area contributed by atoms with Crippen LogP contribution in [0.5, 0.6) is 5.75 Å². The summed E-state index contributed by atoms with van der Waals surface area (Å²) in [5.41, 5.74) is 1.54.